The zero-order valence-electron chi connectivity index (χ0n) is 17.9. The quantitative estimate of drug-likeness (QED) is 0.795. The second kappa shape index (κ2) is 8.07. The number of aryl methyl sites for hydroxylation is 1. The molecule has 1 aliphatic heterocycles. The van der Waals surface area contributed by atoms with Crippen LogP contribution in [-0.4, -0.2) is 57.4 Å². The Balaban J connectivity index is 2.09. The highest BCUT2D eigenvalue weighted by Gasteiger charge is 2.36. The van der Waals surface area contributed by atoms with Crippen molar-refractivity contribution in [2.45, 2.75) is 72.2 Å². The second-order valence-electron chi connectivity index (χ2n) is 9.44. The molecule has 156 valence electrons. The lowest BCUT2D eigenvalue weighted by atomic mass is 9.99. The van der Waals surface area contributed by atoms with Crippen molar-refractivity contribution in [2.24, 2.45) is 5.92 Å². The van der Waals surface area contributed by atoms with Crippen molar-refractivity contribution in [2.75, 3.05) is 13.1 Å². The summed E-state index contributed by atoms with van der Waals surface area (Å²) >= 11 is 0. The summed E-state index contributed by atoms with van der Waals surface area (Å²) in [5.41, 5.74) is 0.651. The molecule has 1 fully saturated rings. The number of esters is 1. The molecule has 0 aromatic carbocycles. The highest BCUT2D eigenvalue weighted by Crippen LogP contribution is 2.24. The van der Waals surface area contributed by atoms with E-state index in [2.05, 4.69) is 4.98 Å². The van der Waals surface area contributed by atoms with Crippen LogP contribution in [0.25, 0.3) is 0 Å². The third-order valence-electron chi connectivity index (χ3n) is 4.16. The molecule has 0 bridgehead atoms. The molecule has 0 aliphatic carbocycles. The topological polar surface area (TPSA) is 89.0 Å². The Morgan fingerprint density at radius 3 is 2.29 bits per heavy atom. The molecular formula is C21H32N2O5. The maximum Gasteiger partial charge on any atom is 0.410 e. The average molecular weight is 392 g/mol. The van der Waals surface area contributed by atoms with Crippen molar-refractivity contribution in [1.82, 2.24) is 9.88 Å². The molecule has 1 N–H and O–H groups in total. The van der Waals surface area contributed by atoms with Crippen molar-refractivity contribution in [3.8, 4) is 0 Å². The Kier molecular flexibility index (Phi) is 6.38. The summed E-state index contributed by atoms with van der Waals surface area (Å²) in [5.74, 6) is -0.645. The molecule has 0 radical (unpaired) electrons. The van der Waals surface area contributed by atoms with Gasteiger partial charge in [0.1, 0.15) is 16.9 Å². The maximum atomic E-state index is 12.3. The zero-order valence-corrected chi connectivity index (χ0v) is 17.9. The molecule has 2 heterocycles. The summed E-state index contributed by atoms with van der Waals surface area (Å²) in [6.45, 7) is 13.3. The van der Waals surface area contributed by atoms with E-state index in [1.54, 1.807) is 6.07 Å². The van der Waals surface area contributed by atoms with E-state index in [1.165, 1.54) is 4.90 Å². The van der Waals surface area contributed by atoms with E-state index in [-0.39, 0.29) is 18.2 Å². The molecular weight excluding hydrogens is 360 g/mol. The number of ether oxygens (including phenoxy) is 2. The van der Waals surface area contributed by atoms with Crippen molar-refractivity contribution in [1.29, 1.82) is 0 Å². The summed E-state index contributed by atoms with van der Waals surface area (Å²) in [6, 6.07) is 3.58. The first-order chi connectivity index (χ1) is 12.7. The van der Waals surface area contributed by atoms with Crippen LogP contribution < -0.4 is 0 Å². The Labute approximate surface area is 167 Å². The van der Waals surface area contributed by atoms with Gasteiger partial charge in [-0.3, -0.25) is 0 Å². The number of aromatic nitrogens is 1. The summed E-state index contributed by atoms with van der Waals surface area (Å²) in [6.07, 6.45) is -0.640. The van der Waals surface area contributed by atoms with E-state index >= 15 is 0 Å². The van der Waals surface area contributed by atoms with E-state index in [9.17, 15) is 14.7 Å². The highest BCUT2D eigenvalue weighted by molar-refractivity contribution is 5.87. The van der Waals surface area contributed by atoms with Gasteiger partial charge in [0.15, 0.2) is 0 Å². The number of likely N-dealkylation sites (tertiary alicyclic amines) is 1. The largest absolute Gasteiger partial charge is 0.455 e. The monoisotopic (exact) mass is 392 g/mol. The van der Waals surface area contributed by atoms with E-state index in [0.29, 0.717) is 18.7 Å². The fourth-order valence-electron chi connectivity index (χ4n) is 3.08. The van der Waals surface area contributed by atoms with E-state index in [1.807, 2.05) is 54.5 Å². The average Bonchev–Trinajstić information content (AvgIpc) is 2.84. The number of aliphatic hydroxyl groups excluding tert-OH is 1. The second-order valence-corrected chi connectivity index (χ2v) is 9.44. The van der Waals surface area contributed by atoms with Crippen LogP contribution in [-0.2, 0) is 15.9 Å². The van der Waals surface area contributed by atoms with Gasteiger partial charge < -0.3 is 19.5 Å². The number of amides is 1. The predicted molar refractivity (Wildman–Crippen MR) is 105 cm³/mol. The van der Waals surface area contributed by atoms with Gasteiger partial charge in [-0.1, -0.05) is 0 Å². The number of hydrogen-bond donors (Lipinski definition) is 1. The van der Waals surface area contributed by atoms with Crippen LogP contribution in [0.3, 0.4) is 0 Å². The van der Waals surface area contributed by atoms with Gasteiger partial charge in [0.2, 0.25) is 0 Å². The Morgan fingerprint density at radius 2 is 1.71 bits per heavy atom. The first kappa shape index (κ1) is 22.1. The number of β-amino-alcohol motifs (C(OH)–C–C–N with tert-alkyl or cyclic N) is 1. The summed E-state index contributed by atoms with van der Waals surface area (Å²) < 4.78 is 10.8. The predicted octanol–water partition coefficient (Wildman–Crippen LogP) is 3.12. The summed E-state index contributed by atoms with van der Waals surface area (Å²) in [5, 5.41) is 10.4. The molecule has 1 amide bonds. The SMILES string of the molecule is Cc1cc(C[C@H]2CN(C(=O)OC(C)(C)C)C[C@@H]2O)nc(C(=O)OC(C)(C)C)c1. The number of rotatable bonds is 3. The standard InChI is InChI=1S/C21H32N2O5/c1-13-8-15(22-16(9-13)18(25)27-20(2,3)4)10-14-11-23(12-17(14)24)19(26)28-21(5,6)7/h8-9,14,17,24H,10-12H2,1-7H3/t14-,17-/m0/s1. The van der Waals surface area contributed by atoms with Crippen LogP contribution in [0.4, 0.5) is 4.79 Å². The fraction of sp³-hybridized carbons (Fsp3) is 0.667. The first-order valence-electron chi connectivity index (χ1n) is 9.60. The van der Waals surface area contributed by atoms with Crippen molar-refractivity contribution >= 4 is 12.1 Å². The van der Waals surface area contributed by atoms with Crippen molar-refractivity contribution in [3.63, 3.8) is 0 Å². The van der Waals surface area contributed by atoms with E-state index in [4.69, 9.17) is 9.47 Å². The molecule has 1 saturated heterocycles. The lowest BCUT2D eigenvalue weighted by molar-refractivity contribution is 0.00618. The number of hydrogen-bond acceptors (Lipinski definition) is 6. The Morgan fingerprint density at radius 1 is 1.11 bits per heavy atom. The molecule has 1 aromatic rings. The number of pyridine rings is 1. The Bertz CT molecular complexity index is 733. The van der Waals surface area contributed by atoms with Gasteiger partial charge in [0, 0.05) is 18.2 Å². The minimum atomic E-state index is -0.667. The van der Waals surface area contributed by atoms with E-state index in [0.717, 1.165) is 5.56 Å². The zero-order chi connectivity index (χ0) is 21.3. The minimum absolute atomic E-state index is 0.173. The van der Waals surface area contributed by atoms with E-state index < -0.39 is 29.4 Å². The van der Waals surface area contributed by atoms with Gasteiger partial charge >= 0.3 is 12.1 Å². The van der Waals surface area contributed by atoms with Crippen LogP contribution in [0, 0.1) is 12.8 Å². The maximum absolute atomic E-state index is 12.3. The van der Waals surface area contributed by atoms with Crippen LogP contribution in [0.5, 0.6) is 0 Å². The molecule has 7 heteroatoms. The molecule has 0 unspecified atom stereocenters. The Hall–Kier alpha value is -2.15. The highest BCUT2D eigenvalue weighted by atomic mass is 16.6. The fourth-order valence-corrected chi connectivity index (χ4v) is 3.08. The third kappa shape index (κ3) is 6.48. The van der Waals surface area contributed by atoms with Gasteiger partial charge in [-0.15, -0.1) is 0 Å². The smallest absolute Gasteiger partial charge is 0.410 e. The lowest BCUT2D eigenvalue weighted by Gasteiger charge is -2.24. The number of carbonyl (C=O) groups is 2. The van der Waals surface area contributed by atoms with Crippen molar-refractivity contribution < 1.29 is 24.2 Å². The number of carbonyl (C=O) groups excluding carboxylic acids is 2. The third-order valence-corrected chi connectivity index (χ3v) is 4.16. The van der Waals surface area contributed by atoms with Crippen LogP contribution in [0.2, 0.25) is 0 Å². The molecule has 1 aromatic heterocycles. The van der Waals surface area contributed by atoms with Gasteiger partial charge in [-0.25, -0.2) is 14.6 Å². The van der Waals surface area contributed by atoms with Gasteiger partial charge in [-0.2, -0.15) is 0 Å². The van der Waals surface area contributed by atoms with Gasteiger partial charge in [0.25, 0.3) is 0 Å². The molecule has 0 spiro atoms. The van der Waals surface area contributed by atoms with Gasteiger partial charge in [-0.05, 0) is 72.6 Å². The molecule has 2 rings (SSSR count). The number of nitrogens with zero attached hydrogens (tertiary/aromatic N) is 2. The molecule has 0 saturated carbocycles. The summed E-state index contributed by atoms with van der Waals surface area (Å²) in [4.78, 5) is 30.5. The molecule has 2 atom stereocenters. The molecule has 1 aliphatic rings. The molecule has 7 nitrogen and oxygen atoms in total. The lowest BCUT2D eigenvalue weighted by Crippen LogP contribution is -2.35. The first-order valence-corrected chi connectivity index (χ1v) is 9.60. The minimum Gasteiger partial charge on any atom is -0.455 e. The molecule has 28 heavy (non-hydrogen) atoms. The number of aliphatic hydroxyl groups is 1. The van der Waals surface area contributed by atoms with Crippen LogP contribution >= 0.6 is 0 Å². The van der Waals surface area contributed by atoms with Gasteiger partial charge in [0.05, 0.1) is 12.6 Å². The van der Waals surface area contributed by atoms with Crippen molar-refractivity contribution in [3.05, 3.63) is 29.1 Å². The normalized spacial score (nSPS) is 20.2. The van der Waals surface area contributed by atoms with Crippen LogP contribution in [0.1, 0.15) is 63.3 Å². The van der Waals surface area contributed by atoms with Crippen LogP contribution in [0.15, 0.2) is 12.1 Å². The summed E-state index contributed by atoms with van der Waals surface area (Å²) in [7, 11) is 0.